The lowest BCUT2D eigenvalue weighted by Crippen LogP contribution is -2.12. The van der Waals surface area contributed by atoms with Crippen molar-refractivity contribution in [2.45, 2.75) is 32.6 Å². The Morgan fingerprint density at radius 3 is 2.88 bits per heavy atom. The third kappa shape index (κ3) is 4.82. The first-order valence-electron chi connectivity index (χ1n) is 5.77. The van der Waals surface area contributed by atoms with Crippen molar-refractivity contribution in [1.82, 2.24) is 0 Å². The first-order chi connectivity index (χ1) is 7.72. The van der Waals surface area contributed by atoms with E-state index in [0.717, 1.165) is 12.1 Å². The maximum Gasteiger partial charge on any atom is 0.322 e. The highest BCUT2D eigenvalue weighted by Gasteiger charge is 1.98. The molecule has 0 spiro atoms. The van der Waals surface area contributed by atoms with Crippen molar-refractivity contribution in [1.29, 1.82) is 0 Å². The van der Waals surface area contributed by atoms with E-state index in [0.29, 0.717) is 0 Å². The summed E-state index contributed by atoms with van der Waals surface area (Å²) in [6, 6.07) is 7.97. The van der Waals surface area contributed by atoms with Gasteiger partial charge in [0, 0.05) is 5.69 Å². The minimum absolute atomic E-state index is 0.0294. The zero-order valence-corrected chi connectivity index (χ0v) is 9.70. The highest BCUT2D eigenvalue weighted by molar-refractivity contribution is 5.72. The van der Waals surface area contributed by atoms with Crippen LogP contribution in [-0.2, 0) is 11.2 Å². The molecule has 0 saturated heterocycles. The summed E-state index contributed by atoms with van der Waals surface area (Å²) in [5.74, 6) is -0.837. The number of aryl methyl sites for hydroxylation is 1. The number of aliphatic carboxylic acids is 1. The van der Waals surface area contributed by atoms with E-state index in [1.807, 2.05) is 18.2 Å². The lowest BCUT2D eigenvalue weighted by atomic mass is 10.1. The number of nitrogens with one attached hydrogen (secondary N) is 1. The lowest BCUT2D eigenvalue weighted by molar-refractivity contribution is -0.134. The van der Waals surface area contributed by atoms with Gasteiger partial charge in [0.15, 0.2) is 0 Å². The van der Waals surface area contributed by atoms with Crippen LogP contribution >= 0.6 is 0 Å². The Balaban J connectivity index is 2.46. The molecule has 3 heteroatoms. The second kappa shape index (κ2) is 6.88. The van der Waals surface area contributed by atoms with Gasteiger partial charge in [-0.1, -0.05) is 31.9 Å². The summed E-state index contributed by atoms with van der Waals surface area (Å²) in [5, 5.41) is 11.4. The zero-order chi connectivity index (χ0) is 11.8. The highest BCUT2D eigenvalue weighted by Crippen LogP contribution is 2.13. The monoisotopic (exact) mass is 221 g/mol. The van der Waals surface area contributed by atoms with Crippen LogP contribution < -0.4 is 5.32 Å². The molecule has 16 heavy (non-hydrogen) atoms. The Bertz CT molecular complexity index is 336. The summed E-state index contributed by atoms with van der Waals surface area (Å²) < 4.78 is 0. The molecule has 0 aliphatic heterocycles. The number of carboxylic acids is 1. The molecule has 0 radical (unpaired) electrons. The second-order valence-electron chi connectivity index (χ2n) is 3.90. The van der Waals surface area contributed by atoms with Gasteiger partial charge in [-0.3, -0.25) is 4.79 Å². The third-order valence-electron chi connectivity index (χ3n) is 2.44. The molecule has 0 aliphatic rings. The number of carboxylic acid groups (broad SMARTS) is 1. The Morgan fingerprint density at radius 1 is 1.38 bits per heavy atom. The van der Waals surface area contributed by atoms with Crippen molar-refractivity contribution in [3.8, 4) is 0 Å². The predicted octanol–water partition coefficient (Wildman–Crippen LogP) is 2.92. The normalized spacial score (nSPS) is 10.1. The predicted molar refractivity (Wildman–Crippen MR) is 65.8 cm³/mol. The number of hydrogen-bond acceptors (Lipinski definition) is 2. The van der Waals surface area contributed by atoms with E-state index in [1.54, 1.807) is 0 Å². The number of carbonyl (C=O) groups is 1. The molecule has 0 bridgehead atoms. The van der Waals surface area contributed by atoms with Gasteiger partial charge in [-0.2, -0.15) is 0 Å². The van der Waals surface area contributed by atoms with Crippen LogP contribution in [0.5, 0.6) is 0 Å². The molecule has 1 aromatic rings. The van der Waals surface area contributed by atoms with Gasteiger partial charge in [-0.15, -0.1) is 0 Å². The van der Waals surface area contributed by atoms with Crippen LogP contribution in [0.4, 0.5) is 5.69 Å². The molecule has 88 valence electrons. The van der Waals surface area contributed by atoms with Crippen molar-refractivity contribution in [3.63, 3.8) is 0 Å². The summed E-state index contributed by atoms with van der Waals surface area (Å²) >= 11 is 0. The summed E-state index contributed by atoms with van der Waals surface area (Å²) in [6.07, 6.45) is 4.72. The van der Waals surface area contributed by atoms with Gasteiger partial charge in [0.05, 0.1) is 0 Å². The number of unbranched alkanes of at least 4 members (excludes halogenated alkanes) is 2. The van der Waals surface area contributed by atoms with Gasteiger partial charge in [0.25, 0.3) is 0 Å². The van der Waals surface area contributed by atoms with E-state index in [1.165, 1.54) is 24.8 Å². The van der Waals surface area contributed by atoms with Crippen LogP contribution in [0.1, 0.15) is 31.7 Å². The molecule has 0 atom stereocenters. The van der Waals surface area contributed by atoms with Gasteiger partial charge in [-0.05, 0) is 30.5 Å². The average molecular weight is 221 g/mol. The lowest BCUT2D eigenvalue weighted by Gasteiger charge is -2.06. The Hall–Kier alpha value is -1.51. The zero-order valence-electron chi connectivity index (χ0n) is 9.70. The summed E-state index contributed by atoms with van der Waals surface area (Å²) in [6.45, 7) is 2.16. The molecule has 2 N–H and O–H groups in total. The molecule has 1 aromatic carbocycles. The molecular weight excluding hydrogens is 202 g/mol. The Morgan fingerprint density at radius 2 is 2.19 bits per heavy atom. The maximum absolute atomic E-state index is 10.4. The van der Waals surface area contributed by atoms with Crippen molar-refractivity contribution >= 4 is 11.7 Å². The van der Waals surface area contributed by atoms with Gasteiger partial charge < -0.3 is 10.4 Å². The van der Waals surface area contributed by atoms with Crippen molar-refractivity contribution < 1.29 is 9.90 Å². The van der Waals surface area contributed by atoms with Gasteiger partial charge in [-0.25, -0.2) is 0 Å². The summed E-state index contributed by atoms with van der Waals surface area (Å²) in [5.41, 5.74) is 2.15. The van der Waals surface area contributed by atoms with Gasteiger partial charge in [0.1, 0.15) is 6.54 Å². The van der Waals surface area contributed by atoms with E-state index >= 15 is 0 Å². The summed E-state index contributed by atoms with van der Waals surface area (Å²) in [7, 11) is 0. The van der Waals surface area contributed by atoms with Gasteiger partial charge >= 0.3 is 5.97 Å². The maximum atomic E-state index is 10.4. The standard InChI is InChI=1S/C13H19NO2/c1-2-3-4-6-11-7-5-8-12(9-11)14-10-13(15)16/h5,7-9,14H,2-4,6,10H2,1H3,(H,15,16). The van der Waals surface area contributed by atoms with Gasteiger partial charge in [0.2, 0.25) is 0 Å². The smallest absolute Gasteiger partial charge is 0.322 e. The van der Waals surface area contributed by atoms with E-state index < -0.39 is 5.97 Å². The fourth-order valence-electron chi connectivity index (χ4n) is 1.59. The van der Waals surface area contributed by atoms with Crippen LogP contribution in [0.25, 0.3) is 0 Å². The Kier molecular flexibility index (Phi) is 5.40. The first kappa shape index (κ1) is 12.6. The molecule has 0 aliphatic carbocycles. The van der Waals surface area contributed by atoms with Crippen molar-refractivity contribution in [3.05, 3.63) is 29.8 Å². The highest BCUT2D eigenvalue weighted by atomic mass is 16.4. The van der Waals surface area contributed by atoms with Crippen LogP contribution in [0.15, 0.2) is 24.3 Å². The molecular formula is C13H19NO2. The molecule has 0 saturated carbocycles. The SMILES string of the molecule is CCCCCc1cccc(NCC(=O)O)c1. The van der Waals surface area contributed by atoms with Crippen LogP contribution in [-0.4, -0.2) is 17.6 Å². The van der Waals surface area contributed by atoms with Crippen LogP contribution in [0, 0.1) is 0 Å². The quantitative estimate of drug-likeness (QED) is 0.696. The number of anilines is 1. The van der Waals surface area contributed by atoms with E-state index in [4.69, 9.17) is 5.11 Å². The second-order valence-corrected chi connectivity index (χ2v) is 3.90. The Labute approximate surface area is 96.5 Å². The molecule has 0 unspecified atom stereocenters. The fourth-order valence-corrected chi connectivity index (χ4v) is 1.59. The van der Waals surface area contributed by atoms with Crippen LogP contribution in [0.3, 0.4) is 0 Å². The fraction of sp³-hybridized carbons (Fsp3) is 0.462. The third-order valence-corrected chi connectivity index (χ3v) is 2.44. The van der Waals surface area contributed by atoms with E-state index in [-0.39, 0.29) is 6.54 Å². The summed E-state index contributed by atoms with van der Waals surface area (Å²) in [4.78, 5) is 10.4. The van der Waals surface area contributed by atoms with E-state index in [9.17, 15) is 4.79 Å². The number of benzene rings is 1. The van der Waals surface area contributed by atoms with E-state index in [2.05, 4.69) is 18.3 Å². The minimum Gasteiger partial charge on any atom is -0.480 e. The molecule has 0 fully saturated rings. The largest absolute Gasteiger partial charge is 0.480 e. The van der Waals surface area contributed by atoms with Crippen LogP contribution in [0.2, 0.25) is 0 Å². The first-order valence-corrected chi connectivity index (χ1v) is 5.77. The topological polar surface area (TPSA) is 49.3 Å². The molecule has 3 nitrogen and oxygen atoms in total. The molecule has 0 amide bonds. The molecule has 1 rings (SSSR count). The number of rotatable bonds is 7. The average Bonchev–Trinajstić information content (AvgIpc) is 2.27. The van der Waals surface area contributed by atoms with Crippen molar-refractivity contribution in [2.24, 2.45) is 0 Å². The van der Waals surface area contributed by atoms with Crippen molar-refractivity contribution in [2.75, 3.05) is 11.9 Å². The minimum atomic E-state index is -0.837. The molecule has 0 aromatic heterocycles. The number of hydrogen-bond donors (Lipinski definition) is 2. The molecule has 0 heterocycles.